The van der Waals surface area contributed by atoms with Crippen molar-refractivity contribution < 1.29 is 9.90 Å². The molecule has 0 saturated heterocycles. The molecule has 0 aliphatic rings. The zero-order valence-corrected chi connectivity index (χ0v) is 7.19. The van der Waals surface area contributed by atoms with Gasteiger partial charge in [-0.05, 0) is 24.6 Å². The lowest BCUT2D eigenvalue weighted by atomic mass is 10.0. The first-order valence-corrected chi connectivity index (χ1v) is 3.88. The number of carbonyl (C=O) groups is 1. The average molecular weight is 175 g/mol. The monoisotopic (exact) mass is 175 g/mol. The van der Waals surface area contributed by atoms with E-state index >= 15 is 0 Å². The average Bonchev–Trinajstić information content (AvgIpc) is 2.17. The Balaban J connectivity index is 2.95. The molecule has 0 bridgehead atoms. The number of benzene rings is 1. The maximum absolute atomic E-state index is 10.5. The zero-order chi connectivity index (χ0) is 9.84. The van der Waals surface area contributed by atoms with Gasteiger partial charge in [0.15, 0.2) is 0 Å². The van der Waals surface area contributed by atoms with Gasteiger partial charge in [0.05, 0.1) is 17.6 Å². The minimum atomic E-state index is -0.948. The molecule has 1 N–H and O–H groups in total. The van der Waals surface area contributed by atoms with Crippen molar-refractivity contribution in [3.05, 3.63) is 35.4 Å². The highest BCUT2D eigenvalue weighted by Crippen LogP contribution is 2.14. The molecule has 0 aromatic heterocycles. The third-order valence-corrected chi connectivity index (χ3v) is 1.85. The molecular weight excluding hydrogens is 166 g/mol. The van der Waals surface area contributed by atoms with E-state index in [4.69, 9.17) is 10.4 Å². The van der Waals surface area contributed by atoms with Crippen molar-refractivity contribution in [1.29, 1.82) is 5.26 Å². The van der Waals surface area contributed by atoms with Crippen LogP contribution in [-0.2, 0) is 0 Å². The molecule has 1 unspecified atom stereocenters. The topological polar surface area (TPSA) is 61.1 Å². The molecule has 0 aliphatic carbocycles. The van der Waals surface area contributed by atoms with Crippen molar-refractivity contribution in [2.45, 2.75) is 12.8 Å². The van der Waals surface area contributed by atoms with Crippen LogP contribution >= 0.6 is 0 Å². The maximum atomic E-state index is 10.5. The van der Waals surface area contributed by atoms with Crippen LogP contribution in [-0.4, -0.2) is 11.1 Å². The van der Waals surface area contributed by atoms with Gasteiger partial charge in [-0.1, -0.05) is 12.1 Å². The van der Waals surface area contributed by atoms with E-state index in [-0.39, 0.29) is 11.5 Å². The molecular formula is C10H9NO2. The molecule has 1 aromatic carbocycles. The summed E-state index contributed by atoms with van der Waals surface area (Å²) < 4.78 is 0. The van der Waals surface area contributed by atoms with Crippen LogP contribution in [0.1, 0.15) is 28.8 Å². The lowest BCUT2D eigenvalue weighted by molar-refractivity contribution is 0.0697. The summed E-state index contributed by atoms with van der Waals surface area (Å²) in [5.74, 6) is -1.14. The second-order valence-corrected chi connectivity index (χ2v) is 2.78. The zero-order valence-electron chi connectivity index (χ0n) is 7.19. The molecule has 1 atom stereocenters. The predicted octanol–water partition coefficient (Wildman–Crippen LogP) is 2.01. The van der Waals surface area contributed by atoms with Crippen LogP contribution in [0.15, 0.2) is 24.3 Å². The van der Waals surface area contributed by atoms with Gasteiger partial charge in [-0.15, -0.1) is 0 Å². The highest BCUT2D eigenvalue weighted by Gasteiger charge is 2.05. The van der Waals surface area contributed by atoms with E-state index < -0.39 is 5.97 Å². The highest BCUT2D eigenvalue weighted by atomic mass is 16.4. The molecule has 0 fully saturated rings. The fraction of sp³-hybridized carbons (Fsp3) is 0.200. The number of rotatable bonds is 2. The van der Waals surface area contributed by atoms with Crippen LogP contribution in [0.25, 0.3) is 0 Å². The third kappa shape index (κ3) is 2.06. The number of nitriles is 1. The molecule has 3 nitrogen and oxygen atoms in total. The Morgan fingerprint density at radius 3 is 2.38 bits per heavy atom. The molecule has 1 aromatic rings. The number of carboxylic acids is 1. The summed E-state index contributed by atoms with van der Waals surface area (Å²) in [6, 6.07) is 8.42. The van der Waals surface area contributed by atoms with Gasteiger partial charge in [0.1, 0.15) is 0 Å². The Morgan fingerprint density at radius 2 is 2.00 bits per heavy atom. The molecule has 0 aliphatic heterocycles. The summed E-state index contributed by atoms with van der Waals surface area (Å²) in [5, 5.41) is 17.2. The van der Waals surface area contributed by atoms with Crippen molar-refractivity contribution >= 4 is 5.97 Å². The summed E-state index contributed by atoms with van der Waals surface area (Å²) in [6.45, 7) is 1.77. The normalized spacial score (nSPS) is 11.7. The van der Waals surface area contributed by atoms with Crippen molar-refractivity contribution in [2.75, 3.05) is 0 Å². The quantitative estimate of drug-likeness (QED) is 0.747. The highest BCUT2D eigenvalue weighted by molar-refractivity contribution is 5.87. The minimum absolute atomic E-state index is 0.192. The van der Waals surface area contributed by atoms with Gasteiger partial charge >= 0.3 is 5.97 Å². The number of hydrogen-bond donors (Lipinski definition) is 1. The van der Waals surface area contributed by atoms with Gasteiger partial charge in [0, 0.05) is 0 Å². The van der Waals surface area contributed by atoms with Gasteiger partial charge in [-0.3, -0.25) is 0 Å². The number of carboxylic acid groups (broad SMARTS) is 1. The summed E-state index contributed by atoms with van der Waals surface area (Å²) >= 11 is 0. The largest absolute Gasteiger partial charge is 0.478 e. The lowest BCUT2D eigenvalue weighted by Crippen LogP contribution is -1.97. The van der Waals surface area contributed by atoms with Gasteiger partial charge in [-0.25, -0.2) is 4.79 Å². The second-order valence-electron chi connectivity index (χ2n) is 2.78. The minimum Gasteiger partial charge on any atom is -0.478 e. The molecule has 66 valence electrons. The Bertz CT molecular complexity index is 348. The number of hydrogen-bond acceptors (Lipinski definition) is 2. The van der Waals surface area contributed by atoms with Crippen molar-refractivity contribution in [3.63, 3.8) is 0 Å². The molecule has 3 heteroatoms. The first kappa shape index (κ1) is 9.27. The van der Waals surface area contributed by atoms with Crippen LogP contribution in [0.5, 0.6) is 0 Å². The SMILES string of the molecule is CC(C#N)c1ccc(C(=O)O)cc1. The van der Waals surface area contributed by atoms with Gasteiger partial charge in [0.2, 0.25) is 0 Å². The first-order valence-electron chi connectivity index (χ1n) is 3.88. The summed E-state index contributed by atoms with van der Waals surface area (Å²) in [5.41, 5.74) is 1.08. The van der Waals surface area contributed by atoms with Crippen LogP contribution in [0.4, 0.5) is 0 Å². The number of nitrogens with zero attached hydrogens (tertiary/aromatic N) is 1. The van der Waals surface area contributed by atoms with E-state index in [1.165, 1.54) is 12.1 Å². The van der Waals surface area contributed by atoms with E-state index in [9.17, 15) is 4.79 Å². The molecule has 13 heavy (non-hydrogen) atoms. The van der Waals surface area contributed by atoms with Crippen LogP contribution in [0, 0.1) is 11.3 Å². The van der Waals surface area contributed by atoms with Crippen LogP contribution in [0.3, 0.4) is 0 Å². The second kappa shape index (κ2) is 3.72. The van der Waals surface area contributed by atoms with Crippen LogP contribution < -0.4 is 0 Å². The Kier molecular flexibility index (Phi) is 2.65. The molecule has 0 radical (unpaired) electrons. The smallest absolute Gasteiger partial charge is 0.335 e. The Labute approximate surface area is 76.2 Å². The lowest BCUT2D eigenvalue weighted by Gasteiger charge is -2.01. The molecule has 0 amide bonds. The van der Waals surface area contributed by atoms with E-state index in [1.54, 1.807) is 19.1 Å². The van der Waals surface area contributed by atoms with Crippen molar-refractivity contribution in [1.82, 2.24) is 0 Å². The summed E-state index contributed by atoms with van der Waals surface area (Å²) in [6.07, 6.45) is 0. The molecule has 1 rings (SSSR count). The fourth-order valence-electron chi connectivity index (χ4n) is 0.989. The summed E-state index contributed by atoms with van der Waals surface area (Å²) in [7, 11) is 0. The van der Waals surface area contributed by atoms with Gasteiger partial charge in [-0.2, -0.15) is 5.26 Å². The third-order valence-electron chi connectivity index (χ3n) is 1.85. The maximum Gasteiger partial charge on any atom is 0.335 e. The van der Waals surface area contributed by atoms with Crippen LogP contribution in [0.2, 0.25) is 0 Å². The number of aromatic carboxylic acids is 1. The molecule has 0 saturated carbocycles. The van der Waals surface area contributed by atoms with Crippen molar-refractivity contribution in [2.24, 2.45) is 0 Å². The van der Waals surface area contributed by atoms with E-state index in [1.807, 2.05) is 0 Å². The predicted molar refractivity (Wildman–Crippen MR) is 47.4 cm³/mol. The molecule has 0 heterocycles. The van der Waals surface area contributed by atoms with Gasteiger partial charge in [0.25, 0.3) is 0 Å². The first-order chi connectivity index (χ1) is 6.15. The van der Waals surface area contributed by atoms with Crippen molar-refractivity contribution in [3.8, 4) is 6.07 Å². The standard InChI is InChI=1S/C10H9NO2/c1-7(6-11)8-2-4-9(5-3-8)10(12)13/h2-5,7H,1H3,(H,12,13). The van der Waals surface area contributed by atoms with E-state index in [2.05, 4.69) is 6.07 Å². The Hall–Kier alpha value is -1.82. The molecule has 0 spiro atoms. The summed E-state index contributed by atoms with van der Waals surface area (Å²) in [4.78, 5) is 10.5. The Morgan fingerprint density at radius 1 is 1.46 bits per heavy atom. The van der Waals surface area contributed by atoms with E-state index in [0.29, 0.717) is 0 Å². The fourth-order valence-corrected chi connectivity index (χ4v) is 0.989. The van der Waals surface area contributed by atoms with Gasteiger partial charge < -0.3 is 5.11 Å². The van der Waals surface area contributed by atoms with E-state index in [0.717, 1.165) is 5.56 Å².